The van der Waals surface area contributed by atoms with Crippen molar-refractivity contribution in [2.45, 2.75) is 40.0 Å². The van der Waals surface area contributed by atoms with Gasteiger partial charge in [0.15, 0.2) is 6.61 Å². The first kappa shape index (κ1) is 28.4. The first-order valence-electron chi connectivity index (χ1n) is 13.1. The lowest BCUT2D eigenvalue weighted by Crippen LogP contribution is -2.28. The van der Waals surface area contributed by atoms with Crippen LogP contribution in [0.5, 0.6) is 11.5 Å². The highest BCUT2D eigenvalue weighted by molar-refractivity contribution is 6.00. The Labute approximate surface area is 233 Å². The first-order valence-corrected chi connectivity index (χ1v) is 13.1. The lowest BCUT2D eigenvalue weighted by molar-refractivity contribution is -0.151. The number of benzene rings is 3. The second-order valence-corrected chi connectivity index (χ2v) is 10.1. The fourth-order valence-electron chi connectivity index (χ4n) is 4.43. The van der Waals surface area contributed by atoms with E-state index in [4.69, 9.17) is 9.47 Å². The van der Waals surface area contributed by atoms with E-state index in [1.807, 2.05) is 13.0 Å². The fraction of sp³-hybridized carbons (Fsp3) is 0.290. The van der Waals surface area contributed by atoms with Crippen LogP contribution in [0.1, 0.15) is 44.2 Å². The molecule has 1 aliphatic rings. The number of carbonyl (C=O) groups excluding carboxylic acids is 4. The average molecular weight is 544 g/mol. The topological polar surface area (TPSA) is 114 Å². The van der Waals surface area contributed by atoms with E-state index in [2.05, 4.69) is 36.6 Å². The van der Waals surface area contributed by atoms with Crippen molar-refractivity contribution < 1.29 is 28.7 Å². The van der Waals surface area contributed by atoms with Gasteiger partial charge in [0.25, 0.3) is 5.91 Å². The van der Waals surface area contributed by atoms with Crippen molar-refractivity contribution >= 4 is 40.8 Å². The molecular weight excluding hydrogens is 510 g/mol. The first-order chi connectivity index (χ1) is 19.1. The zero-order chi connectivity index (χ0) is 28.8. The Balaban J connectivity index is 1.29. The van der Waals surface area contributed by atoms with Crippen LogP contribution < -0.4 is 20.3 Å². The Hall–Kier alpha value is -4.66. The number of nitrogens with zero attached hydrogens (tertiary/aromatic N) is 1. The maximum atomic E-state index is 12.7. The highest BCUT2D eigenvalue weighted by atomic mass is 16.5. The molecule has 0 aliphatic carbocycles. The molecule has 1 aliphatic heterocycles. The molecule has 40 heavy (non-hydrogen) atoms. The van der Waals surface area contributed by atoms with Crippen LogP contribution in [0, 0.1) is 12.8 Å². The predicted octanol–water partition coefficient (Wildman–Crippen LogP) is 5.40. The summed E-state index contributed by atoms with van der Waals surface area (Å²) in [6, 6.07) is 19.9. The molecule has 0 bridgehead atoms. The fourth-order valence-corrected chi connectivity index (χ4v) is 4.43. The summed E-state index contributed by atoms with van der Waals surface area (Å²) in [5, 5.41) is 5.27. The number of amides is 3. The number of hydrogen-bond acceptors (Lipinski definition) is 6. The molecule has 3 amide bonds. The Morgan fingerprint density at radius 1 is 0.950 bits per heavy atom. The summed E-state index contributed by atoms with van der Waals surface area (Å²) in [4.78, 5) is 50.2. The summed E-state index contributed by atoms with van der Waals surface area (Å²) in [6.07, 6.45) is 0.00432. The van der Waals surface area contributed by atoms with E-state index in [0.29, 0.717) is 28.7 Å². The van der Waals surface area contributed by atoms with Gasteiger partial charge in [-0.3, -0.25) is 19.2 Å². The lowest BCUT2D eigenvalue weighted by Gasteiger charge is -2.18. The molecule has 1 fully saturated rings. The number of rotatable bonds is 9. The van der Waals surface area contributed by atoms with Gasteiger partial charge in [-0.2, -0.15) is 0 Å². The summed E-state index contributed by atoms with van der Waals surface area (Å²) in [7, 11) is 0. The molecule has 2 N–H and O–H groups in total. The van der Waals surface area contributed by atoms with E-state index in [1.165, 1.54) is 6.92 Å². The van der Waals surface area contributed by atoms with E-state index < -0.39 is 24.4 Å². The van der Waals surface area contributed by atoms with Gasteiger partial charge in [0.2, 0.25) is 11.8 Å². The van der Waals surface area contributed by atoms with Crippen molar-refractivity contribution in [3.8, 4) is 11.5 Å². The van der Waals surface area contributed by atoms with Crippen molar-refractivity contribution in [3.05, 3.63) is 77.9 Å². The van der Waals surface area contributed by atoms with Crippen molar-refractivity contribution in [3.63, 3.8) is 0 Å². The van der Waals surface area contributed by atoms with Crippen molar-refractivity contribution in [1.29, 1.82) is 0 Å². The predicted molar refractivity (Wildman–Crippen MR) is 153 cm³/mol. The number of ether oxygens (including phenoxy) is 2. The van der Waals surface area contributed by atoms with E-state index in [1.54, 1.807) is 53.4 Å². The van der Waals surface area contributed by atoms with E-state index >= 15 is 0 Å². The van der Waals surface area contributed by atoms with Crippen LogP contribution >= 0.6 is 0 Å². The summed E-state index contributed by atoms with van der Waals surface area (Å²) in [6.45, 7) is 7.34. The van der Waals surface area contributed by atoms with Gasteiger partial charge in [0.1, 0.15) is 11.5 Å². The molecule has 3 aromatic carbocycles. The molecule has 9 nitrogen and oxygen atoms in total. The second-order valence-electron chi connectivity index (χ2n) is 10.1. The molecular formula is C31H33N3O6. The summed E-state index contributed by atoms with van der Waals surface area (Å²) >= 11 is 0. The molecule has 0 aromatic heterocycles. The third-order valence-electron chi connectivity index (χ3n) is 6.46. The van der Waals surface area contributed by atoms with Gasteiger partial charge in [-0.15, -0.1) is 0 Å². The molecule has 0 radical (unpaired) electrons. The van der Waals surface area contributed by atoms with Gasteiger partial charge in [-0.05, 0) is 78.6 Å². The van der Waals surface area contributed by atoms with Crippen LogP contribution in [-0.4, -0.2) is 36.8 Å². The number of nitrogens with one attached hydrogen (secondary N) is 2. The average Bonchev–Trinajstić information content (AvgIpc) is 3.30. The smallest absolute Gasteiger partial charge is 0.311 e. The van der Waals surface area contributed by atoms with Crippen LogP contribution in [-0.2, 0) is 23.9 Å². The Morgan fingerprint density at radius 3 is 2.23 bits per heavy atom. The van der Waals surface area contributed by atoms with Crippen LogP contribution in [0.3, 0.4) is 0 Å². The molecule has 3 aromatic rings. The largest absolute Gasteiger partial charge is 0.457 e. The normalized spacial score (nSPS) is 14.7. The number of hydrogen-bond donors (Lipinski definition) is 2. The minimum atomic E-state index is -0.672. The van der Waals surface area contributed by atoms with E-state index in [9.17, 15) is 19.2 Å². The summed E-state index contributed by atoms with van der Waals surface area (Å²) in [5.41, 5.74) is 3.96. The molecule has 0 unspecified atom stereocenters. The molecule has 0 saturated carbocycles. The van der Waals surface area contributed by atoms with Crippen molar-refractivity contribution in [2.75, 3.05) is 28.7 Å². The summed E-state index contributed by atoms with van der Waals surface area (Å²) < 4.78 is 11.3. The Bertz CT molecular complexity index is 1400. The lowest BCUT2D eigenvalue weighted by atomic mass is 10.0. The third-order valence-corrected chi connectivity index (χ3v) is 6.46. The van der Waals surface area contributed by atoms with Crippen LogP contribution in [0.2, 0.25) is 0 Å². The standard InChI is InChI=1S/C31H33N3O6/c1-19(2)27-14-5-20(3)15-28(27)40-26-12-10-25(11-13-26)34-17-22(16-30(34)37)31(38)39-18-29(36)33-24-8-6-23(7-9-24)32-21(4)35/h5-15,19,22H,16-18H2,1-4H3,(H,32,35)(H,33,36)/t22-/m1/s1. The molecule has 0 spiro atoms. The molecule has 1 saturated heterocycles. The third kappa shape index (κ3) is 7.25. The minimum Gasteiger partial charge on any atom is -0.457 e. The molecule has 4 rings (SSSR count). The quantitative estimate of drug-likeness (QED) is 0.349. The van der Waals surface area contributed by atoms with Crippen molar-refractivity contribution in [1.82, 2.24) is 0 Å². The number of esters is 1. The highest BCUT2D eigenvalue weighted by Crippen LogP contribution is 2.33. The molecule has 208 valence electrons. The maximum absolute atomic E-state index is 12.7. The minimum absolute atomic E-state index is 0.00432. The van der Waals surface area contributed by atoms with E-state index in [-0.39, 0.29) is 24.8 Å². The van der Waals surface area contributed by atoms with Gasteiger partial charge >= 0.3 is 5.97 Å². The maximum Gasteiger partial charge on any atom is 0.311 e. The molecule has 9 heteroatoms. The Kier molecular flexibility index (Phi) is 8.83. The molecule has 1 atom stereocenters. The number of anilines is 3. The van der Waals surface area contributed by atoms with Gasteiger partial charge in [-0.1, -0.05) is 26.0 Å². The SMILES string of the molecule is CC(=O)Nc1ccc(NC(=O)COC(=O)[C@@H]2CC(=O)N(c3ccc(Oc4cc(C)ccc4C(C)C)cc3)C2)cc1. The number of aryl methyl sites for hydroxylation is 1. The zero-order valence-electron chi connectivity index (χ0n) is 23.0. The Morgan fingerprint density at radius 2 is 1.60 bits per heavy atom. The van der Waals surface area contributed by atoms with Gasteiger partial charge in [-0.25, -0.2) is 0 Å². The van der Waals surface area contributed by atoms with Gasteiger partial charge in [0, 0.05) is 37.0 Å². The van der Waals surface area contributed by atoms with Gasteiger partial charge < -0.3 is 25.0 Å². The highest BCUT2D eigenvalue weighted by Gasteiger charge is 2.36. The number of carbonyl (C=O) groups is 4. The van der Waals surface area contributed by atoms with Crippen molar-refractivity contribution in [2.24, 2.45) is 5.92 Å². The molecule has 1 heterocycles. The monoisotopic (exact) mass is 543 g/mol. The summed E-state index contributed by atoms with van der Waals surface area (Å²) in [5.74, 6) is -0.420. The second kappa shape index (κ2) is 12.5. The van der Waals surface area contributed by atoms with Crippen LogP contribution in [0.15, 0.2) is 66.7 Å². The van der Waals surface area contributed by atoms with E-state index in [0.717, 1.165) is 16.9 Å². The van der Waals surface area contributed by atoms with Gasteiger partial charge in [0.05, 0.1) is 5.92 Å². The van der Waals surface area contributed by atoms with Crippen LogP contribution in [0.4, 0.5) is 17.1 Å². The van der Waals surface area contributed by atoms with Crippen LogP contribution in [0.25, 0.3) is 0 Å². The zero-order valence-corrected chi connectivity index (χ0v) is 23.0.